The first kappa shape index (κ1) is 21.1. The van der Waals surface area contributed by atoms with Crippen LogP contribution in [-0.2, 0) is 11.3 Å². The van der Waals surface area contributed by atoms with Crippen molar-refractivity contribution in [3.63, 3.8) is 0 Å². The Morgan fingerprint density at radius 2 is 2.00 bits per heavy atom. The molecule has 0 aliphatic heterocycles. The molecular weight excluding hydrogens is 406 g/mol. The molecule has 0 radical (unpaired) electrons. The molecule has 1 amide bonds. The van der Waals surface area contributed by atoms with E-state index in [0.717, 1.165) is 5.56 Å². The van der Waals surface area contributed by atoms with Crippen molar-refractivity contribution >= 4 is 40.2 Å². The van der Waals surface area contributed by atoms with Gasteiger partial charge in [-0.25, -0.2) is 4.98 Å². The molecule has 2 aromatic carbocycles. The Morgan fingerprint density at radius 3 is 2.69 bits per heavy atom. The minimum Gasteiger partial charge on any atom is -0.349 e. The summed E-state index contributed by atoms with van der Waals surface area (Å²) in [4.78, 5) is 30.2. The van der Waals surface area contributed by atoms with Crippen molar-refractivity contribution in [2.45, 2.75) is 36.8 Å². The van der Waals surface area contributed by atoms with Gasteiger partial charge in [0.2, 0.25) is 5.91 Å². The number of nitrogens with zero attached hydrogens (tertiary/aromatic N) is 2. The maximum Gasteiger partial charge on any atom is 0.262 e. The monoisotopic (exact) mass is 427 g/mol. The largest absolute Gasteiger partial charge is 0.349 e. The van der Waals surface area contributed by atoms with Gasteiger partial charge in [0.15, 0.2) is 5.16 Å². The number of hydrogen-bond acceptors (Lipinski definition) is 4. The van der Waals surface area contributed by atoms with E-state index in [2.05, 4.69) is 16.9 Å². The maximum atomic E-state index is 12.9. The van der Waals surface area contributed by atoms with Gasteiger partial charge in [0.25, 0.3) is 5.56 Å². The molecule has 3 rings (SSSR count). The highest BCUT2D eigenvalue weighted by molar-refractivity contribution is 8.00. The molecule has 0 saturated heterocycles. The second-order valence-corrected chi connectivity index (χ2v) is 8.41. The third-order valence-electron chi connectivity index (χ3n) is 4.50. The molecule has 0 fully saturated rings. The van der Waals surface area contributed by atoms with Crippen LogP contribution in [0.5, 0.6) is 0 Å². The molecule has 0 aliphatic rings. The molecule has 0 saturated carbocycles. The van der Waals surface area contributed by atoms with Gasteiger partial charge in [-0.3, -0.25) is 14.2 Å². The van der Waals surface area contributed by atoms with Gasteiger partial charge in [0.1, 0.15) is 0 Å². The van der Waals surface area contributed by atoms with E-state index in [4.69, 9.17) is 11.6 Å². The summed E-state index contributed by atoms with van der Waals surface area (Å²) in [6, 6.07) is 14.6. The number of hydrogen-bond donors (Lipinski definition) is 1. The van der Waals surface area contributed by atoms with Gasteiger partial charge < -0.3 is 5.32 Å². The Morgan fingerprint density at radius 1 is 1.28 bits per heavy atom. The lowest BCUT2D eigenvalue weighted by Gasteiger charge is -2.19. The number of nitrogens with one attached hydrogen (secondary N) is 1. The SMILES string of the molecule is C=CCn1c(SC(C)C(=O)NC(C)c2ccccc2)nc2cc(Cl)ccc2c1=O. The van der Waals surface area contributed by atoms with Crippen molar-refractivity contribution < 1.29 is 4.79 Å². The Hall–Kier alpha value is -2.57. The molecule has 5 nitrogen and oxygen atoms in total. The van der Waals surface area contributed by atoms with Crippen LogP contribution in [0.2, 0.25) is 5.02 Å². The van der Waals surface area contributed by atoms with E-state index < -0.39 is 5.25 Å². The van der Waals surface area contributed by atoms with E-state index in [1.165, 1.54) is 16.3 Å². The van der Waals surface area contributed by atoms with Crippen molar-refractivity contribution in [3.8, 4) is 0 Å². The van der Waals surface area contributed by atoms with Crippen molar-refractivity contribution in [1.82, 2.24) is 14.9 Å². The number of allylic oxidation sites excluding steroid dienone is 1. The Labute approximate surface area is 178 Å². The number of carbonyl (C=O) groups is 1. The van der Waals surface area contributed by atoms with E-state index in [1.54, 1.807) is 31.2 Å². The van der Waals surface area contributed by atoms with Crippen LogP contribution < -0.4 is 10.9 Å². The van der Waals surface area contributed by atoms with Gasteiger partial charge in [-0.15, -0.1) is 6.58 Å². The lowest BCUT2D eigenvalue weighted by Crippen LogP contribution is -2.34. The average Bonchev–Trinajstić information content (AvgIpc) is 2.71. The minimum atomic E-state index is -0.444. The molecule has 1 N–H and O–H groups in total. The zero-order valence-electron chi connectivity index (χ0n) is 16.3. The zero-order valence-corrected chi connectivity index (χ0v) is 17.8. The molecule has 0 aliphatic carbocycles. The Balaban J connectivity index is 1.86. The molecular formula is C22H22ClN3O2S. The lowest BCUT2D eigenvalue weighted by atomic mass is 10.1. The highest BCUT2D eigenvalue weighted by Gasteiger charge is 2.21. The first-order valence-electron chi connectivity index (χ1n) is 9.23. The zero-order chi connectivity index (χ0) is 21.0. The van der Waals surface area contributed by atoms with E-state index >= 15 is 0 Å². The summed E-state index contributed by atoms with van der Waals surface area (Å²) in [6.07, 6.45) is 1.64. The van der Waals surface area contributed by atoms with Crippen LogP contribution >= 0.6 is 23.4 Å². The number of rotatable bonds is 7. The highest BCUT2D eigenvalue weighted by atomic mass is 35.5. The van der Waals surface area contributed by atoms with Gasteiger partial charge in [-0.05, 0) is 37.6 Å². The molecule has 2 unspecified atom stereocenters. The molecule has 1 aromatic heterocycles. The summed E-state index contributed by atoms with van der Waals surface area (Å²) < 4.78 is 1.53. The van der Waals surface area contributed by atoms with Crippen LogP contribution in [0.15, 0.2) is 71.1 Å². The molecule has 3 aromatic rings. The van der Waals surface area contributed by atoms with Crippen molar-refractivity contribution in [3.05, 3.63) is 82.1 Å². The molecule has 7 heteroatoms. The summed E-state index contributed by atoms with van der Waals surface area (Å²) in [5, 5.41) is 4.01. The van der Waals surface area contributed by atoms with E-state index in [1.807, 2.05) is 37.3 Å². The van der Waals surface area contributed by atoms with E-state index in [-0.39, 0.29) is 17.5 Å². The minimum absolute atomic E-state index is 0.120. The number of thioether (sulfide) groups is 1. The standard InChI is InChI=1S/C22H22ClN3O2S/c1-4-12-26-21(28)18-11-10-17(23)13-19(18)25-22(26)29-15(3)20(27)24-14(2)16-8-6-5-7-9-16/h4-11,13-15H,1,12H2,2-3H3,(H,24,27). The number of halogens is 1. The predicted octanol–water partition coefficient (Wildman–Crippen LogP) is 4.59. The fraction of sp³-hybridized carbons (Fsp3) is 0.227. The molecule has 150 valence electrons. The number of benzene rings is 2. The molecule has 0 bridgehead atoms. The van der Waals surface area contributed by atoms with E-state index in [9.17, 15) is 9.59 Å². The van der Waals surface area contributed by atoms with Gasteiger partial charge in [-0.1, -0.05) is 59.8 Å². The highest BCUT2D eigenvalue weighted by Crippen LogP contribution is 2.24. The van der Waals surface area contributed by atoms with Crippen LogP contribution in [0.25, 0.3) is 10.9 Å². The predicted molar refractivity (Wildman–Crippen MR) is 120 cm³/mol. The smallest absolute Gasteiger partial charge is 0.262 e. The fourth-order valence-electron chi connectivity index (χ4n) is 2.92. The molecule has 1 heterocycles. The third kappa shape index (κ3) is 4.89. The average molecular weight is 428 g/mol. The summed E-state index contributed by atoms with van der Waals surface area (Å²) in [6.45, 7) is 7.76. The van der Waals surface area contributed by atoms with Crippen LogP contribution in [-0.4, -0.2) is 20.7 Å². The first-order valence-corrected chi connectivity index (χ1v) is 10.5. The lowest BCUT2D eigenvalue weighted by molar-refractivity contribution is -0.120. The van der Waals surface area contributed by atoms with Crippen molar-refractivity contribution in [2.24, 2.45) is 0 Å². The van der Waals surface area contributed by atoms with Crippen LogP contribution in [0.3, 0.4) is 0 Å². The normalized spacial score (nSPS) is 13.1. The topological polar surface area (TPSA) is 64.0 Å². The number of amides is 1. The number of aromatic nitrogens is 2. The van der Waals surface area contributed by atoms with Crippen molar-refractivity contribution in [1.29, 1.82) is 0 Å². The van der Waals surface area contributed by atoms with E-state index in [0.29, 0.717) is 27.6 Å². The third-order valence-corrected chi connectivity index (χ3v) is 5.83. The summed E-state index contributed by atoms with van der Waals surface area (Å²) in [7, 11) is 0. The van der Waals surface area contributed by atoms with Gasteiger partial charge in [0, 0.05) is 11.6 Å². The second-order valence-electron chi connectivity index (χ2n) is 6.66. The van der Waals surface area contributed by atoms with Gasteiger partial charge in [0.05, 0.1) is 22.2 Å². The maximum absolute atomic E-state index is 12.9. The summed E-state index contributed by atoms with van der Waals surface area (Å²) >= 11 is 7.30. The fourth-order valence-corrected chi connectivity index (χ4v) is 4.01. The molecule has 29 heavy (non-hydrogen) atoms. The Kier molecular flexibility index (Phi) is 6.77. The van der Waals surface area contributed by atoms with Gasteiger partial charge in [-0.2, -0.15) is 0 Å². The Bertz CT molecular complexity index is 1100. The summed E-state index contributed by atoms with van der Waals surface area (Å²) in [5.41, 5.74) is 1.36. The van der Waals surface area contributed by atoms with Gasteiger partial charge >= 0.3 is 0 Å². The van der Waals surface area contributed by atoms with Crippen LogP contribution in [0.1, 0.15) is 25.5 Å². The summed E-state index contributed by atoms with van der Waals surface area (Å²) in [5.74, 6) is -0.128. The van der Waals surface area contributed by atoms with Crippen molar-refractivity contribution in [2.75, 3.05) is 0 Å². The molecule has 2 atom stereocenters. The molecule has 0 spiro atoms. The van der Waals surface area contributed by atoms with Crippen LogP contribution in [0, 0.1) is 0 Å². The number of fused-ring (bicyclic) bond motifs is 1. The van der Waals surface area contributed by atoms with Crippen LogP contribution in [0.4, 0.5) is 0 Å². The first-order chi connectivity index (χ1) is 13.9. The quantitative estimate of drug-likeness (QED) is 0.340. The number of carbonyl (C=O) groups excluding carboxylic acids is 1. The second kappa shape index (κ2) is 9.29.